The Labute approximate surface area is 173 Å². The fraction of sp³-hybridized carbons (Fsp3) is 0.318. The summed E-state index contributed by atoms with van der Waals surface area (Å²) >= 11 is 0. The van der Waals surface area contributed by atoms with Crippen LogP contribution < -0.4 is 26.0 Å². The molecule has 1 unspecified atom stereocenters. The van der Waals surface area contributed by atoms with Crippen LogP contribution in [0.25, 0.3) is 10.9 Å². The number of aromatic nitrogens is 2. The zero-order valence-electron chi connectivity index (χ0n) is 17.5. The molecule has 0 saturated heterocycles. The van der Waals surface area contributed by atoms with Gasteiger partial charge in [0.25, 0.3) is 5.56 Å². The summed E-state index contributed by atoms with van der Waals surface area (Å²) in [6, 6.07) is 11.5. The van der Waals surface area contributed by atoms with E-state index in [1.807, 2.05) is 13.8 Å². The summed E-state index contributed by atoms with van der Waals surface area (Å²) in [4.78, 5) is 38.7. The topological polar surface area (TPSA) is 91.6 Å². The van der Waals surface area contributed by atoms with Gasteiger partial charge in [0.05, 0.1) is 30.8 Å². The van der Waals surface area contributed by atoms with Gasteiger partial charge in [-0.25, -0.2) is 4.79 Å². The number of carbonyl (C=O) groups is 1. The molecule has 0 saturated carbocycles. The summed E-state index contributed by atoms with van der Waals surface area (Å²) in [5.41, 5.74) is 0.0168. The Balaban J connectivity index is 2.03. The summed E-state index contributed by atoms with van der Waals surface area (Å²) in [6.07, 6.45) is 0.614. The summed E-state index contributed by atoms with van der Waals surface area (Å²) in [5.74, 6) is 0.609. The molecule has 3 rings (SSSR count). The number of carbonyl (C=O) groups excluding carboxylic acids is 1. The molecule has 0 radical (unpaired) electrons. The van der Waals surface area contributed by atoms with Crippen molar-refractivity contribution in [2.45, 2.75) is 32.9 Å². The molecule has 8 nitrogen and oxygen atoms in total. The first-order valence-electron chi connectivity index (χ1n) is 9.67. The third kappa shape index (κ3) is 3.94. The van der Waals surface area contributed by atoms with Crippen molar-refractivity contribution < 1.29 is 14.3 Å². The number of benzene rings is 2. The Morgan fingerprint density at radius 3 is 2.50 bits per heavy atom. The van der Waals surface area contributed by atoms with Gasteiger partial charge in [-0.1, -0.05) is 19.1 Å². The first-order valence-corrected chi connectivity index (χ1v) is 9.67. The Bertz CT molecular complexity index is 1200. The largest absolute Gasteiger partial charge is 0.497 e. The lowest BCUT2D eigenvalue weighted by Crippen LogP contribution is -2.43. The van der Waals surface area contributed by atoms with Crippen LogP contribution in [0.4, 0.5) is 5.69 Å². The number of fused-ring (bicyclic) bond motifs is 1. The number of nitrogens with zero attached hydrogens (tertiary/aromatic N) is 2. The second-order valence-corrected chi connectivity index (χ2v) is 6.93. The highest BCUT2D eigenvalue weighted by Crippen LogP contribution is 2.29. The highest BCUT2D eigenvalue weighted by molar-refractivity contribution is 5.93. The van der Waals surface area contributed by atoms with Gasteiger partial charge in [0.15, 0.2) is 0 Å². The van der Waals surface area contributed by atoms with Crippen LogP contribution in [0.5, 0.6) is 11.5 Å². The number of hydrogen-bond acceptors (Lipinski definition) is 5. The highest BCUT2D eigenvalue weighted by Gasteiger charge is 2.18. The molecule has 30 heavy (non-hydrogen) atoms. The van der Waals surface area contributed by atoms with E-state index in [4.69, 9.17) is 9.47 Å². The molecule has 0 aliphatic rings. The van der Waals surface area contributed by atoms with Crippen LogP contribution in [0.15, 0.2) is 52.1 Å². The Kier molecular flexibility index (Phi) is 6.25. The van der Waals surface area contributed by atoms with Crippen molar-refractivity contribution in [3.05, 3.63) is 63.3 Å². The van der Waals surface area contributed by atoms with E-state index in [9.17, 15) is 14.4 Å². The maximum atomic E-state index is 13.1. The quantitative estimate of drug-likeness (QED) is 0.646. The van der Waals surface area contributed by atoms with Crippen molar-refractivity contribution >= 4 is 22.5 Å². The van der Waals surface area contributed by atoms with Gasteiger partial charge in [-0.2, -0.15) is 0 Å². The second-order valence-electron chi connectivity index (χ2n) is 6.93. The number of para-hydroxylation sites is 1. The van der Waals surface area contributed by atoms with Gasteiger partial charge >= 0.3 is 5.69 Å². The summed E-state index contributed by atoms with van der Waals surface area (Å²) in [6.45, 7) is 3.47. The Hall–Kier alpha value is -3.55. The lowest BCUT2D eigenvalue weighted by molar-refractivity contribution is -0.116. The van der Waals surface area contributed by atoms with Gasteiger partial charge in [0, 0.05) is 12.1 Å². The van der Waals surface area contributed by atoms with E-state index in [2.05, 4.69) is 5.32 Å². The molecule has 158 valence electrons. The third-order valence-electron chi connectivity index (χ3n) is 5.10. The first kappa shape index (κ1) is 21.2. The van der Waals surface area contributed by atoms with Gasteiger partial charge in [0.1, 0.15) is 18.0 Å². The average Bonchev–Trinajstić information content (AvgIpc) is 2.76. The van der Waals surface area contributed by atoms with Crippen LogP contribution in [0.2, 0.25) is 0 Å². The molecule has 0 aliphatic heterocycles. The molecule has 1 aromatic heterocycles. The maximum absolute atomic E-state index is 13.1. The predicted molar refractivity (Wildman–Crippen MR) is 116 cm³/mol. The number of ether oxygens (including phenoxy) is 2. The minimum atomic E-state index is -0.509. The molecule has 0 bridgehead atoms. The Morgan fingerprint density at radius 1 is 1.10 bits per heavy atom. The predicted octanol–water partition coefficient (Wildman–Crippen LogP) is 2.79. The standard InChI is InChI=1S/C22H25N3O5/c1-5-14(2)25-21(27)16-8-6-7-9-18(16)24(22(25)28)13-20(26)23-17-11-10-15(29-3)12-19(17)30-4/h6-12,14H,5,13H2,1-4H3,(H,23,26). The van der Waals surface area contributed by atoms with Gasteiger partial charge < -0.3 is 14.8 Å². The summed E-state index contributed by atoms with van der Waals surface area (Å²) < 4.78 is 13.0. The van der Waals surface area contributed by atoms with Crippen molar-refractivity contribution in [3.8, 4) is 11.5 Å². The third-order valence-corrected chi connectivity index (χ3v) is 5.10. The molecule has 0 aliphatic carbocycles. The maximum Gasteiger partial charge on any atom is 0.332 e. The fourth-order valence-electron chi connectivity index (χ4n) is 3.30. The fourth-order valence-corrected chi connectivity index (χ4v) is 3.30. The average molecular weight is 411 g/mol. The van der Waals surface area contributed by atoms with Gasteiger partial charge in [-0.3, -0.25) is 18.7 Å². The lowest BCUT2D eigenvalue weighted by atomic mass is 10.2. The molecule has 3 aromatic rings. The number of nitrogens with one attached hydrogen (secondary N) is 1. The molecule has 1 heterocycles. The molecule has 2 aromatic carbocycles. The van der Waals surface area contributed by atoms with Crippen LogP contribution in [-0.2, 0) is 11.3 Å². The van der Waals surface area contributed by atoms with E-state index in [0.717, 1.165) is 0 Å². The molecule has 8 heteroatoms. The zero-order valence-corrected chi connectivity index (χ0v) is 17.5. The number of amides is 1. The van der Waals surface area contributed by atoms with E-state index in [1.54, 1.807) is 42.5 Å². The minimum absolute atomic E-state index is 0.245. The summed E-state index contributed by atoms with van der Waals surface area (Å²) in [7, 11) is 3.03. The van der Waals surface area contributed by atoms with Crippen molar-refractivity contribution in [1.82, 2.24) is 9.13 Å². The monoisotopic (exact) mass is 411 g/mol. The van der Waals surface area contributed by atoms with E-state index >= 15 is 0 Å². The van der Waals surface area contributed by atoms with Crippen LogP contribution in [-0.4, -0.2) is 29.3 Å². The second kappa shape index (κ2) is 8.86. The number of methoxy groups -OCH3 is 2. The lowest BCUT2D eigenvalue weighted by Gasteiger charge is -2.18. The number of rotatable bonds is 7. The van der Waals surface area contributed by atoms with E-state index in [1.165, 1.54) is 23.4 Å². The minimum Gasteiger partial charge on any atom is -0.497 e. The van der Waals surface area contributed by atoms with E-state index in [0.29, 0.717) is 34.5 Å². The molecule has 0 fully saturated rings. The molecule has 1 amide bonds. The van der Waals surface area contributed by atoms with Gasteiger partial charge in [-0.15, -0.1) is 0 Å². The van der Waals surface area contributed by atoms with E-state index in [-0.39, 0.29) is 18.1 Å². The van der Waals surface area contributed by atoms with Gasteiger partial charge in [-0.05, 0) is 37.6 Å². The van der Waals surface area contributed by atoms with Crippen molar-refractivity contribution in [2.24, 2.45) is 0 Å². The van der Waals surface area contributed by atoms with Crippen molar-refractivity contribution in [1.29, 1.82) is 0 Å². The van der Waals surface area contributed by atoms with Crippen LogP contribution in [0.3, 0.4) is 0 Å². The highest BCUT2D eigenvalue weighted by atomic mass is 16.5. The SMILES string of the molecule is CCC(C)n1c(=O)c2ccccc2n(CC(=O)Nc2ccc(OC)cc2OC)c1=O. The number of anilines is 1. The van der Waals surface area contributed by atoms with E-state index < -0.39 is 11.6 Å². The molecular formula is C22H25N3O5. The Morgan fingerprint density at radius 2 is 1.83 bits per heavy atom. The molecule has 1 N–H and O–H groups in total. The number of hydrogen-bond donors (Lipinski definition) is 1. The van der Waals surface area contributed by atoms with Crippen molar-refractivity contribution in [2.75, 3.05) is 19.5 Å². The molecular weight excluding hydrogens is 386 g/mol. The smallest absolute Gasteiger partial charge is 0.332 e. The van der Waals surface area contributed by atoms with Gasteiger partial charge in [0.2, 0.25) is 5.91 Å². The van der Waals surface area contributed by atoms with Crippen LogP contribution in [0, 0.1) is 0 Å². The zero-order chi connectivity index (χ0) is 21.8. The van der Waals surface area contributed by atoms with Crippen LogP contribution >= 0.6 is 0 Å². The van der Waals surface area contributed by atoms with Crippen molar-refractivity contribution in [3.63, 3.8) is 0 Å². The molecule has 1 atom stereocenters. The van der Waals surface area contributed by atoms with Crippen LogP contribution in [0.1, 0.15) is 26.3 Å². The molecule has 0 spiro atoms. The normalized spacial score (nSPS) is 11.9. The first-order chi connectivity index (χ1) is 14.4. The summed E-state index contributed by atoms with van der Waals surface area (Å²) in [5, 5.41) is 3.16.